The molecular weight excluding hydrogens is 218 g/mol. The van der Waals surface area contributed by atoms with Gasteiger partial charge in [0.05, 0.1) is 0 Å². The standard InChI is InChI=1S/C9H10BrNO/c1-6-5-8(7(2)11-12)3-4-9(6)10/h3-5,7H,1-2H3/t7-/m0/s1. The van der Waals surface area contributed by atoms with Crippen LogP contribution in [0, 0.1) is 11.8 Å². The van der Waals surface area contributed by atoms with E-state index >= 15 is 0 Å². The van der Waals surface area contributed by atoms with E-state index in [4.69, 9.17) is 0 Å². The molecule has 1 aromatic rings. The summed E-state index contributed by atoms with van der Waals surface area (Å²) < 4.78 is 1.06. The van der Waals surface area contributed by atoms with Gasteiger partial charge in [0.2, 0.25) is 0 Å². The Bertz CT molecular complexity index is 299. The van der Waals surface area contributed by atoms with Crippen molar-refractivity contribution >= 4 is 15.9 Å². The van der Waals surface area contributed by atoms with Crippen LogP contribution in [0.2, 0.25) is 0 Å². The summed E-state index contributed by atoms with van der Waals surface area (Å²) in [6.07, 6.45) is 0. The Morgan fingerprint density at radius 2 is 2.17 bits per heavy atom. The summed E-state index contributed by atoms with van der Waals surface area (Å²) >= 11 is 3.39. The highest BCUT2D eigenvalue weighted by Gasteiger charge is 2.05. The molecule has 0 heterocycles. The monoisotopic (exact) mass is 227 g/mol. The smallest absolute Gasteiger partial charge is 0.114 e. The Morgan fingerprint density at radius 1 is 1.50 bits per heavy atom. The third kappa shape index (κ3) is 1.91. The van der Waals surface area contributed by atoms with E-state index in [1.165, 1.54) is 0 Å². The first-order valence-corrected chi connectivity index (χ1v) is 4.53. The number of nitroso groups, excluding NO2 is 1. The molecule has 0 aliphatic carbocycles. The summed E-state index contributed by atoms with van der Waals surface area (Å²) in [6.45, 7) is 3.78. The zero-order valence-electron chi connectivity index (χ0n) is 7.04. The summed E-state index contributed by atoms with van der Waals surface area (Å²) in [5.41, 5.74) is 2.09. The average molecular weight is 228 g/mol. The van der Waals surface area contributed by atoms with E-state index in [9.17, 15) is 4.91 Å². The summed E-state index contributed by atoms with van der Waals surface area (Å²) in [5.74, 6) is 0. The van der Waals surface area contributed by atoms with Crippen molar-refractivity contribution in [3.63, 3.8) is 0 Å². The quantitative estimate of drug-likeness (QED) is 0.711. The average Bonchev–Trinajstić information content (AvgIpc) is 2.08. The SMILES string of the molecule is Cc1cc([C@H](C)N=O)ccc1Br. The molecule has 3 heteroatoms. The second-order valence-electron chi connectivity index (χ2n) is 2.79. The highest BCUT2D eigenvalue weighted by molar-refractivity contribution is 9.10. The number of benzene rings is 1. The van der Waals surface area contributed by atoms with Crippen LogP contribution >= 0.6 is 15.9 Å². The minimum atomic E-state index is -0.253. The molecule has 0 fully saturated rings. The van der Waals surface area contributed by atoms with Crippen LogP contribution in [-0.2, 0) is 0 Å². The molecule has 1 rings (SSSR count). The minimum Gasteiger partial charge on any atom is -0.150 e. The Balaban J connectivity index is 3.04. The Kier molecular flexibility index (Phi) is 2.98. The molecule has 12 heavy (non-hydrogen) atoms. The molecule has 0 aromatic heterocycles. The maximum absolute atomic E-state index is 10.2. The third-order valence-corrected chi connectivity index (χ3v) is 2.71. The zero-order chi connectivity index (χ0) is 9.14. The molecule has 0 amide bonds. The van der Waals surface area contributed by atoms with Gasteiger partial charge in [-0.3, -0.25) is 0 Å². The Morgan fingerprint density at radius 3 is 2.67 bits per heavy atom. The molecule has 0 spiro atoms. The molecule has 1 atom stereocenters. The number of aryl methyl sites for hydroxylation is 1. The van der Waals surface area contributed by atoms with Gasteiger partial charge in [-0.25, -0.2) is 0 Å². The van der Waals surface area contributed by atoms with Crippen LogP contribution in [0.25, 0.3) is 0 Å². The molecule has 0 N–H and O–H groups in total. The van der Waals surface area contributed by atoms with Crippen molar-refractivity contribution in [3.05, 3.63) is 38.7 Å². The molecule has 64 valence electrons. The second kappa shape index (κ2) is 3.81. The Labute approximate surface area is 80.1 Å². The van der Waals surface area contributed by atoms with Crippen LogP contribution in [-0.4, -0.2) is 0 Å². The van der Waals surface area contributed by atoms with Gasteiger partial charge in [0, 0.05) is 4.47 Å². The fourth-order valence-electron chi connectivity index (χ4n) is 0.989. The number of rotatable bonds is 2. The molecule has 0 aliphatic heterocycles. The van der Waals surface area contributed by atoms with Crippen molar-refractivity contribution in [3.8, 4) is 0 Å². The maximum Gasteiger partial charge on any atom is 0.114 e. The number of hydrogen-bond donors (Lipinski definition) is 0. The fourth-order valence-corrected chi connectivity index (χ4v) is 1.24. The first-order chi connectivity index (χ1) is 5.65. The second-order valence-corrected chi connectivity index (χ2v) is 3.64. The van der Waals surface area contributed by atoms with E-state index in [-0.39, 0.29) is 6.04 Å². The van der Waals surface area contributed by atoms with Crippen LogP contribution in [0.4, 0.5) is 0 Å². The van der Waals surface area contributed by atoms with Gasteiger partial charge in [-0.05, 0) is 31.0 Å². The van der Waals surface area contributed by atoms with Gasteiger partial charge in [0.15, 0.2) is 0 Å². The first-order valence-electron chi connectivity index (χ1n) is 3.73. The van der Waals surface area contributed by atoms with Gasteiger partial charge in [-0.1, -0.05) is 33.2 Å². The maximum atomic E-state index is 10.2. The van der Waals surface area contributed by atoms with Crippen LogP contribution in [0.1, 0.15) is 24.1 Å². The molecule has 0 saturated heterocycles. The molecule has 0 unspecified atom stereocenters. The molecule has 0 radical (unpaired) electrons. The van der Waals surface area contributed by atoms with Crippen molar-refractivity contribution in [1.82, 2.24) is 0 Å². The lowest BCUT2D eigenvalue weighted by molar-refractivity contribution is 0.810. The lowest BCUT2D eigenvalue weighted by Gasteiger charge is -2.04. The normalized spacial score (nSPS) is 12.6. The Hall–Kier alpha value is -0.700. The van der Waals surface area contributed by atoms with Gasteiger partial charge >= 0.3 is 0 Å². The van der Waals surface area contributed by atoms with Crippen LogP contribution < -0.4 is 0 Å². The highest BCUT2D eigenvalue weighted by Crippen LogP contribution is 2.22. The van der Waals surface area contributed by atoms with E-state index in [0.29, 0.717) is 0 Å². The summed E-state index contributed by atoms with van der Waals surface area (Å²) in [4.78, 5) is 10.2. The summed E-state index contributed by atoms with van der Waals surface area (Å²) in [5, 5.41) is 2.96. The van der Waals surface area contributed by atoms with Crippen molar-refractivity contribution in [2.45, 2.75) is 19.9 Å². The van der Waals surface area contributed by atoms with Crippen molar-refractivity contribution in [2.24, 2.45) is 5.18 Å². The van der Waals surface area contributed by atoms with Gasteiger partial charge in [0.1, 0.15) is 6.04 Å². The summed E-state index contributed by atoms with van der Waals surface area (Å²) in [6, 6.07) is 5.56. The highest BCUT2D eigenvalue weighted by atomic mass is 79.9. The number of hydrogen-bond acceptors (Lipinski definition) is 2. The number of nitrogens with zero attached hydrogens (tertiary/aromatic N) is 1. The van der Waals surface area contributed by atoms with Crippen molar-refractivity contribution in [1.29, 1.82) is 0 Å². The third-order valence-electron chi connectivity index (χ3n) is 1.82. The van der Waals surface area contributed by atoms with E-state index in [0.717, 1.165) is 15.6 Å². The molecule has 1 aromatic carbocycles. The van der Waals surface area contributed by atoms with Crippen LogP contribution in [0.3, 0.4) is 0 Å². The topological polar surface area (TPSA) is 29.4 Å². The minimum absolute atomic E-state index is 0.253. The lowest BCUT2D eigenvalue weighted by atomic mass is 10.1. The van der Waals surface area contributed by atoms with E-state index in [2.05, 4.69) is 21.1 Å². The van der Waals surface area contributed by atoms with Crippen LogP contribution in [0.5, 0.6) is 0 Å². The predicted molar refractivity (Wildman–Crippen MR) is 53.1 cm³/mol. The van der Waals surface area contributed by atoms with Crippen LogP contribution in [0.15, 0.2) is 27.8 Å². The molecule has 0 aliphatic rings. The molecular formula is C9H10BrNO. The lowest BCUT2D eigenvalue weighted by Crippen LogP contribution is -1.89. The van der Waals surface area contributed by atoms with Gasteiger partial charge in [-0.15, -0.1) is 0 Å². The predicted octanol–water partition coefficient (Wildman–Crippen LogP) is 3.58. The van der Waals surface area contributed by atoms with Gasteiger partial charge in [-0.2, -0.15) is 4.91 Å². The van der Waals surface area contributed by atoms with E-state index in [1.54, 1.807) is 6.92 Å². The molecule has 2 nitrogen and oxygen atoms in total. The molecule has 0 saturated carbocycles. The summed E-state index contributed by atoms with van der Waals surface area (Å²) in [7, 11) is 0. The van der Waals surface area contributed by atoms with Crippen molar-refractivity contribution < 1.29 is 0 Å². The van der Waals surface area contributed by atoms with E-state index < -0.39 is 0 Å². The van der Waals surface area contributed by atoms with Crippen molar-refractivity contribution in [2.75, 3.05) is 0 Å². The van der Waals surface area contributed by atoms with Gasteiger partial charge < -0.3 is 0 Å². The van der Waals surface area contributed by atoms with E-state index in [1.807, 2.05) is 25.1 Å². The zero-order valence-corrected chi connectivity index (χ0v) is 8.63. The molecule has 0 bridgehead atoms. The van der Waals surface area contributed by atoms with Gasteiger partial charge in [0.25, 0.3) is 0 Å². The number of halogens is 1. The fraction of sp³-hybridized carbons (Fsp3) is 0.333. The largest absolute Gasteiger partial charge is 0.150 e. The first kappa shape index (κ1) is 9.39.